The van der Waals surface area contributed by atoms with E-state index in [4.69, 9.17) is 0 Å². The van der Waals surface area contributed by atoms with Crippen molar-refractivity contribution < 1.29 is 4.79 Å². The molecule has 30 heavy (non-hydrogen) atoms. The molecule has 0 saturated carbocycles. The second kappa shape index (κ2) is 11.5. The van der Waals surface area contributed by atoms with Crippen molar-refractivity contribution in [2.75, 3.05) is 19.6 Å². The van der Waals surface area contributed by atoms with Crippen LogP contribution in [0.2, 0.25) is 0 Å². The third kappa shape index (κ3) is 8.02. The monoisotopic (exact) mass is 420 g/mol. The Hall–Kier alpha value is -2.61. The van der Waals surface area contributed by atoms with Crippen molar-refractivity contribution in [2.45, 2.75) is 34.6 Å². The molecular formula is C26H32N2OS. The average Bonchev–Trinajstić information content (AvgIpc) is 3.23. The molecule has 0 unspecified atom stereocenters. The number of rotatable bonds is 8. The highest BCUT2D eigenvalue weighted by Gasteiger charge is 2.14. The lowest BCUT2D eigenvalue weighted by molar-refractivity contribution is -0.144. The van der Waals surface area contributed by atoms with Crippen molar-refractivity contribution >= 4 is 23.3 Å². The van der Waals surface area contributed by atoms with Crippen LogP contribution in [-0.2, 0) is 4.79 Å². The van der Waals surface area contributed by atoms with Crippen LogP contribution in [0.25, 0.3) is 17.2 Å². The fourth-order valence-electron chi connectivity index (χ4n) is 2.87. The molecule has 0 radical (unpaired) electrons. The molecule has 0 N–H and O–H groups in total. The maximum Gasteiger partial charge on any atom is 0.234 e. The molecule has 1 heterocycles. The lowest BCUT2D eigenvalue weighted by Crippen LogP contribution is -2.45. The summed E-state index contributed by atoms with van der Waals surface area (Å²) in [6.07, 6.45) is 7.99. The molecule has 0 aliphatic rings. The second-order valence-electron chi connectivity index (χ2n) is 8.07. The Morgan fingerprint density at radius 2 is 1.93 bits per heavy atom. The van der Waals surface area contributed by atoms with Gasteiger partial charge in [0.2, 0.25) is 5.91 Å². The maximum atomic E-state index is 12.2. The first-order chi connectivity index (χ1) is 14.3. The zero-order valence-electron chi connectivity index (χ0n) is 18.7. The van der Waals surface area contributed by atoms with Crippen molar-refractivity contribution in [3.8, 4) is 23.0 Å². The van der Waals surface area contributed by atoms with Crippen LogP contribution in [0.4, 0.5) is 0 Å². The van der Waals surface area contributed by atoms with E-state index in [1.165, 1.54) is 11.1 Å². The first-order valence-corrected chi connectivity index (χ1v) is 11.2. The van der Waals surface area contributed by atoms with Gasteiger partial charge in [0, 0.05) is 25.4 Å². The van der Waals surface area contributed by atoms with Crippen LogP contribution in [0.15, 0.2) is 59.3 Å². The summed E-state index contributed by atoms with van der Waals surface area (Å²) >= 11 is 1.70. The van der Waals surface area contributed by atoms with Gasteiger partial charge in [-0.3, -0.25) is 9.80 Å². The molecule has 1 aromatic carbocycles. The number of hydrogen-bond donors (Lipinski definition) is 0. The van der Waals surface area contributed by atoms with Gasteiger partial charge in [-0.1, -0.05) is 55.2 Å². The van der Waals surface area contributed by atoms with Gasteiger partial charge in [-0.25, -0.2) is 5.01 Å². The number of carbonyl (C=O) groups excluding carboxylic acids is 1. The third-order valence-corrected chi connectivity index (χ3v) is 5.05. The van der Waals surface area contributed by atoms with E-state index in [2.05, 4.69) is 86.7 Å². The predicted molar refractivity (Wildman–Crippen MR) is 130 cm³/mol. The van der Waals surface area contributed by atoms with Crippen LogP contribution < -0.4 is 0 Å². The van der Waals surface area contributed by atoms with E-state index < -0.39 is 0 Å². The molecule has 1 aromatic heterocycles. The minimum atomic E-state index is -0.00821. The van der Waals surface area contributed by atoms with E-state index in [1.54, 1.807) is 23.3 Å². The molecule has 0 aliphatic carbocycles. The number of hydrazine groups is 1. The van der Waals surface area contributed by atoms with Crippen molar-refractivity contribution in [2.24, 2.45) is 5.41 Å². The molecule has 4 heteroatoms. The highest BCUT2D eigenvalue weighted by molar-refractivity contribution is 7.08. The molecule has 1 amide bonds. The zero-order chi connectivity index (χ0) is 22.0. The van der Waals surface area contributed by atoms with Crippen LogP contribution in [0.5, 0.6) is 0 Å². The van der Waals surface area contributed by atoms with Crippen molar-refractivity contribution in [3.05, 3.63) is 64.9 Å². The number of nitrogens with zero attached hydrogens (tertiary/aromatic N) is 2. The summed E-state index contributed by atoms with van der Waals surface area (Å²) in [6, 6.07) is 10.6. The van der Waals surface area contributed by atoms with E-state index in [1.807, 2.05) is 23.2 Å². The summed E-state index contributed by atoms with van der Waals surface area (Å²) in [5.41, 5.74) is 3.56. The summed E-state index contributed by atoms with van der Waals surface area (Å²) in [7, 11) is 0. The number of thiophene rings is 1. The van der Waals surface area contributed by atoms with Crippen molar-refractivity contribution in [1.82, 2.24) is 10.0 Å². The lowest BCUT2D eigenvalue weighted by atomic mass is 9.98. The minimum absolute atomic E-state index is 0.00821. The van der Waals surface area contributed by atoms with Gasteiger partial charge in [0.1, 0.15) is 0 Å². The summed E-state index contributed by atoms with van der Waals surface area (Å²) in [6.45, 7) is 11.9. The quantitative estimate of drug-likeness (QED) is 0.379. The van der Waals surface area contributed by atoms with Crippen LogP contribution in [0.1, 0.15) is 40.2 Å². The van der Waals surface area contributed by atoms with Crippen LogP contribution >= 0.6 is 11.3 Å². The Morgan fingerprint density at radius 1 is 1.13 bits per heavy atom. The normalized spacial score (nSPS) is 11.8. The summed E-state index contributed by atoms with van der Waals surface area (Å²) in [5, 5.41) is 8.05. The molecule has 0 saturated heterocycles. The van der Waals surface area contributed by atoms with E-state index in [0.717, 1.165) is 12.1 Å². The third-order valence-electron chi connectivity index (χ3n) is 4.36. The number of hydrogen-bond acceptors (Lipinski definition) is 3. The molecule has 2 rings (SSSR count). The highest BCUT2D eigenvalue weighted by Crippen LogP contribution is 2.23. The molecule has 0 fully saturated rings. The van der Waals surface area contributed by atoms with E-state index in [-0.39, 0.29) is 11.3 Å². The zero-order valence-corrected chi connectivity index (χ0v) is 19.5. The Labute approximate surface area is 185 Å². The van der Waals surface area contributed by atoms with Crippen LogP contribution in [0.3, 0.4) is 0 Å². The summed E-state index contributed by atoms with van der Waals surface area (Å²) in [5.74, 6) is 6.30. The van der Waals surface area contributed by atoms with Crippen LogP contribution in [-0.4, -0.2) is 35.6 Å². The smallest absolute Gasteiger partial charge is 0.234 e. The van der Waals surface area contributed by atoms with Gasteiger partial charge >= 0.3 is 0 Å². The fourth-order valence-corrected chi connectivity index (χ4v) is 3.54. The Morgan fingerprint density at radius 3 is 2.57 bits per heavy atom. The number of benzene rings is 1. The van der Waals surface area contributed by atoms with E-state index in [9.17, 15) is 4.79 Å². The topological polar surface area (TPSA) is 23.6 Å². The van der Waals surface area contributed by atoms with E-state index in [0.29, 0.717) is 13.1 Å². The van der Waals surface area contributed by atoms with Gasteiger partial charge in [-0.05, 0) is 66.4 Å². The van der Waals surface area contributed by atoms with Gasteiger partial charge < -0.3 is 0 Å². The summed E-state index contributed by atoms with van der Waals surface area (Å²) in [4.78, 5) is 12.2. The lowest BCUT2D eigenvalue weighted by Gasteiger charge is -2.31. The number of carbonyl (C=O) groups is 1. The molecule has 0 aliphatic heterocycles. The fraction of sp³-hybridized carbons (Fsp3) is 0.346. The number of allylic oxidation sites excluding steroid dienone is 1. The molecule has 158 valence electrons. The second-order valence-corrected chi connectivity index (χ2v) is 8.85. The number of likely N-dealkylation sites (N-methyl/N-ethyl adjacent to an activating group) is 1. The van der Waals surface area contributed by atoms with Crippen LogP contribution in [0, 0.1) is 17.3 Å². The number of amides is 1. The van der Waals surface area contributed by atoms with Gasteiger partial charge in [-0.15, -0.1) is 0 Å². The molecule has 0 spiro atoms. The Bertz CT molecular complexity index is 924. The maximum absolute atomic E-state index is 12.2. The minimum Gasteiger partial charge on any atom is -0.274 e. The molecule has 3 nitrogen and oxygen atoms in total. The van der Waals surface area contributed by atoms with Crippen molar-refractivity contribution in [3.63, 3.8) is 0 Å². The Balaban J connectivity index is 2.02. The largest absolute Gasteiger partial charge is 0.274 e. The van der Waals surface area contributed by atoms with Gasteiger partial charge in [0.15, 0.2) is 0 Å². The van der Waals surface area contributed by atoms with Gasteiger partial charge in [0.25, 0.3) is 0 Å². The van der Waals surface area contributed by atoms with E-state index >= 15 is 0 Å². The molecular weight excluding hydrogens is 388 g/mol. The SMILES string of the molecule is CCN(C/C=C/C#CC(C)(C)C)N(C/C=C/c1cccc(-c2ccsc2)c1)C(C)=O. The van der Waals surface area contributed by atoms with Gasteiger partial charge in [-0.2, -0.15) is 11.3 Å². The first-order valence-electron chi connectivity index (χ1n) is 10.3. The average molecular weight is 421 g/mol. The first kappa shape index (κ1) is 23.7. The molecule has 2 aromatic rings. The standard InChI is InChI=1S/C26H32N2OS/c1-6-27(17-9-7-8-16-26(3,4)5)28(22(2)29)18-11-13-23-12-10-14-24(20-23)25-15-19-30-21-25/h7,9-15,19-21H,6,17-18H2,1-5H3/b9-7+,13-11+. The summed E-state index contributed by atoms with van der Waals surface area (Å²) < 4.78 is 0. The molecule has 0 atom stereocenters. The Kier molecular flexibility index (Phi) is 9.11. The predicted octanol–water partition coefficient (Wildman–Crippen LogP) is 6.12. The highest BCUT2D eigenvalue weighted by atomic mass is 32.1. The van der Waals surface area contributed by atoms with Crippen molar-refractivity contribution in [1.29, 1.82) is 0 Å². The van der Waals surface area contributed by atoms with Gasteiger partial charge in [0.05, 0.1) is 6.54 Å². The molecule has 0 bridgehead atoms.